The van der Waals surface area contributed by atoms with Crippen LogP contribution in [0.1, 0.15) is 30.6 Å². The van der Waals surface area contributed by atoms with Crippen molar-refractivity contribution in [1.29, 1.82) is 0 Å². The molecule has 0 radical (unpaired) electrons. The van der Waals surface area contributed by atoms with E-state index in [2.05, 4.69) is 19.2 Å². The minimum absolute atomic E-state index is 0.0952. The molecule has 0 spiro atoms. The Kier molecular flexibility index (Phi) is 5.38. The minimum atomic E-state index is -0.0952. The van der Waals surface area contributed by atoms with Gasteiger partial charge in [0, 0.05) is 6.54 Å². The number of rotatable bonds is 6. The number of benzene rings is 2. The molecule has 0 unspecified atom stereocenters. The van der Waals surface area contributed by atoms with Crippen molar-refractivity contribution in [3.05, 3.63) is 60.2 Å². The summed E-state index contributed by atoms with van der Waals surface area (Å²) in [7, 11) is 0. The summed E-state index contributed by atoms with van der Waals surface area (Å²) in [4.78, 5) is 12.2. The van der Waals surface area contributed by atoms with Crippen molar-refractivity contribution in [3.8, 4) is 11.5 Å². The summed E-state index contributed by atoms with van der Waals surface area (Å²) in [5.74, 6) is 1.77. The van der Waals surface area contributed by atoms with Crippen molar-refractivity contribution in [2.24, 2.45) is 5.92 Å². The van der Waals surface area contributed by atoms with Crippen molar-refractivity contribution >= 4 is 5.91 Å². The maximum Gasteiger partial charge on any atom is 0.255 e. The van der Waals surface area contributed by atoms with E-state index in [1.54, 1.807) is 6.07 Å². The minimum Gasteiger partial charge on any atom is -0.457 e. The molecule has 0 heterocycles. The van der Waals surface area contributed by atoms with Gasteiger partial charge >= 0.3 is 0 Å². The van der Waals surface area contributed by atoms with E-state index in [9.17, 15) is 4.79 Å². The van der Waals surface area contributed by atoms with Crippen LogP contribution in [0.2, 0.25) is 0 Å². The Balaban J connectivity index is 2.07. The molecule has 2 aromatic carbocycles. The van der Waals surface area contributed by atoms with Crippen LogP contribution in [-0.2, 0) is 0 Å². The molecule has 0 fully saturated rings. The highest BCUT2D eigenvalue weighted by atomic mass is 16.5. The maximum atomic E-state index is 12.2. The van der Waals surface area contributed by atoms with E-state index < -0.39 is 0 Å². The van der Waals surface area contributed by atoms with Crippen LogP contribution in [-0.4, -0.2) is 12.5 Å². The molecule has 0 aliphatic heterocycles. The largest absolute Gasteiger partial charge is 0.457 e. The molecular formula is C18H21NO2. The van der Waals surface area contributed by atoms with E-state index in [-0.39, 0.29) is 5.91 Å². The SMILES string of the molecule is CC(C)CCNC(=O)c1ccccc1Oc1ccccc1. The van der Waals surface area contributed by atoms with Crippen molar-refractivity contribution in [2.45, 2.75) is 20.3 Å². The predicted octanol–water partition coefficient (Wildman–Crippen LogP) is 4.25. The lowest BCUT2D eigenvalue weighted by Gasteiger charge is -2.12. The highest BCUT2D eigenvalue weighted by Crippen LogP contribution is 2.24. The van der Waals surface area contributed by atoms with Gasteiger partial charge < -0.3 is 10.1 Å². The Morgan fingerprint density at radius 1 is 1.05 bits per heavy atom. The highest BCUT2D eigenvalue weighted by molar-refractivity contribution is 5.96. The third-order valence-corrected chi connectivity index (χ3v) is 3.11. The number of carbonyl (C=O) groups is 1. The summed E-state index contributed by atoms with van der Waals surface area (Å²) in [6, 6.07) is 16.8. The highest BCUT2D eigenvalue weighted by Gasteiger charge is 2.12. The first-order chi connectivity index (χ1) is 10.2. The van der Waals surface area contributed by atoms with Gasteiger partial charge in [0.05, 0.1) is 5.56 Å². The lowest BCUT2D eigenvalue weighted by atomic mass is 10.1. The topological polar surface area (TPSA) is 38.3 Å². The molecule has 21 heavy (non-hydrogen) atoms. The lowest BCUT2D eigenvalue weighted by Crippen LogP contribution is -2.25. The van der Waals surface area contributed by atoms with Gasteiger partial charge in [-0.1, -0.05) is 44.2 Å². The summed E-state index contributed by atoms with van der Waals surface area (Å²) in [6.07, 6.45) is 0.966. The van der Waals surface area contributed by atoms with E-state index in [0.29, 0.717) is 23.8 Å². The summed E-state index contributed by atoms with van der Waals surface area (Å²) < 4.78 is 5.80. The van der Waals surface area contributed by atoms with E-state index in [0.717, 1.165) is 12.2 Å². The van der Waals surface area contributed by atoms with Gasteiger partial charge in [0.1, 0.15) is 11.5 Å². The monoisotopic (exact) mass is 283 g/mol. The van der Waals surface area contributed by atoms with Gasteiger partial charge in [0.25, 0.3) is 5.91 Å². The van der Waals surface area contributed by atoms with E-state index >= 15 is 0 Å². The smallest absolute Gasteiger partial charge is 0.255 e. The van der Waals surface area contributed by atoms with Crippen LogP contribution in [0.4, 0.5) is 0 Å². The first-order valence-corrected chi connectivity index (χ1v) is 7.27. The Morgan fingerprint density at radius 2 is 1.71 bits per heavy atom. The van der Waals surface area contributed by atoms with Crippen LogP contribution in [0.3, 0.4) is 0 Å². The first kappa shape index (κ1) is 15.1. The average Bonchev–Trinajstić information content (AvgIpc) is 2.48. The molecule has 0 aromatic heterocycles. The van der Waals surface area contributed by atoms with E-state index in [1.807, 2.05) is 48.5 Å². The van der Waals surface area contributed by atoms with Crippen molar-refractivity contribution < 1.29 is 9.53 Å². The molecule has 1 amide bonds. The van der Waals surface area contributed by atoms with Gasteiger partial charge in [0.2, 0.25) is 0 Å². The number of nitrogens with one attached hydrogen (secondary N) is 1. The van der Waals surface area contributed by atoms with Gasteiger partial charge in [-0.2, -0.15) is 0 Å². The van der Waals surface area contributed by atoms with Crippen LogP contribution in [0.5, 0.6) is 11.5 Å². The number of ether oxygens (including phenoxy) is 1. The Bertz CT molecular complexity index is 579. The van der Waals surface area contributed by atoms with Crippen molar-refractivity contribution in [3.63, 3.8) is 0 Å². The fourth-order valence-electron chi connectivity index (χ4n) is 1.93. The zero-order chi connectivity index (χ0) is 15.1. The normalized spacial score (nSPS) is 10.4. The molecule has 2 rings (SSSR count). The third kappa shape index (κ3) is 4.63. The third-order valence-electron chi connectivity index (χ3n) is 3.11. The summed E-state index contributed by atoms with van der Waals surface area (Å²) in [5, 5.41) is 2.94. The number of hydrogen-bond acceptors (Lipinski definition) is 2. The fraction of sp³-hybridized carbons (Fsp3) is 0.278. The Hall–Kier alpha value is -2.29. The quantitative estimate of drug-likeness (QED) is 0.860. The van der Waals surface area contributed by atoms with Gasteiger partial charge in [-0.15, -0.1) is 0 Å². The molecular weight excluding hydrogens is 262 g/mol. The second-order valence-corrected chi connectivity index (χ2v) is 5.35. The van der Waals surface area contributed by atoms with Crippen molar-refractivity contribution in [1.82, 2.24) is 5.32 Å². The van der Waals surface area contributed by atoms with Crippen LogP contribution in [0.15, 0.2) is 54.6 Å². The zero-order valence-electron chi connectivity index (χ0n) is 12.5. The molecule has 2 aromatic rings. The number of para-hydroxylation sites is 2. The van der Waals surface area contributed by atoms with Crippen LogP contribution >= 0.6 is 0 Å². The Morgan fingerprint density at radius 3 is 2.43 bits per heavy atom. The lowest BCUT2D eigenvalue weighted by molar-refractivity contribution is 0.0949. The molecule has 110 valence electrons. The Labute approximate surface area is 126 Å². The second kappa shape index (κ2) is 7.48. The van der Waals surface area contributed by atoms with Gasteiger partial charge in [-0.3, -0.25) is 4.79 Å². The summed E-state index contributed by atoms with van der Waals surface area (Å²) in [5.41, 5.74) is 0.560. The average molecular weight is 283 g/mol. The summed E-state index contributed by atoms with van der Waals surface area (Å²) >= 11 is 0. The standard InChI is InChI=1S/C18H21NO2/c1-14(2)12-13-19-18(20)16-10-6-7-11-17(16)21-15-8-4-3-5-9-15/h3-11,14H,12-13H2,1-2H3,(H,19,20). The van der Waals surface area contributed by atoms with E-state index in [1.165, 1.54) is 0 Å². The zero-order valence-corrected chi connectivity index (χ0v) is 12.5. The molecule has 0 atom stereocenters. The van der Waals surface area contributed by atoms with Gasteiger partial charge in [0.15, 0.2) is 0 Å². The molecule has 0 bridgehead atoms. The molecule has 3 nitrogen and oxygen atoms in total. The molecule has 0 aliphatic carbocycles. The molecule has 1 N–H and O–H groups in total. The molecule has 0 saturated heterocycles. The maximum absolute atomic E-state index is 12.2. The molecule has 0 aliphatic rings. The first-order valence-electron chi connectivity index (χ1n) is 7.27. The van der Waals surface area contributed by atoms with Crippen LogP contribution in [0.25, 0.3) is 0 Å². The fourth-order valence-corrected chi connectivity index (χ4v) is 1.93. The predicted molar refractivity (Wildman–Crippen MR) is 84.7 cm³/mol. The van der Waals surface area contributed by atoms with E-state index in [4.69, 9.17) is 4.74 Å². The number of amides is 1. The summed E-state index contributed by atoms with van der Waals surface area (Å²) in [6.45, 7) is 4.95. The van der Waals surface area contributed by atoms with Gasteiger partial charge in [-0.25, -0.2) is 0 Å². The number of carbonyl (C=O) groups excluding carboxylic acids is 1. The van der Waals surface area contributed by atoms with Gasteiger partial charge in [-0.05, 0) is 36.6 Å². The van der Waals surface area contributed by atoms with Crippen LogP contribution < -0.4 is 10.1 Å². The van der Waals surface area contributed by atoms with Crippen molar-refractivity contribution in [2.75, 3.05) is 6.54 Å². The van der Waals surface area contributed by atoms with Crippen LogP contribution in [0, 0.1) is 5.92 Å². The molecule has 3 heteroatoms. The second-order valence-electron chi connectivity index (χ2n) is 5.35. The number of hydrogen-bond donors (Lipinski definition) is 1. The molecule has 0 saturated carbocycles.